The number of benzene rings is 2. The van der Waals surface area contributed by atoms with Gasteiger partial charge >= 0.3 is 0 Å². The van der Waals surface area contributed by atoms with Crippen molar-refractivity contribution in [2.24, 2.45) is 0 Å². The maximum atomic E-state index is 13.9. The minimum atomic E-state index is -4.01. The Morgan fingerprint density at radius 2 is 1.11 bits per heavy atom. The molecule has 0 saturated carbocycles. The zero-order chi connectivity index (χ0) is 32.1. The van der Waals surface area contributed by atoms with E-state index in [2.05, 4.69) is 37.3 Å². The van der Waals surface area contributed by atoms with Crippen LogP contribution in [0.3, 0.4) is 0 Å². The Bertz CT molecular complexity index is 1480. The van der Waals surface area contributed by atoms with E-state index < -0.39 is 10.2 Å². The summed E-state index contributed by atoms with van der Waals surface area (Å²) in [5, 5.41) is 8.33. The third-order valence-corrected chi connectivity index (χ3v) is 8.80. The topological polar surface area (TPSA) is 111 Å². The highest BCUT2D eigenvalue weighted by atomic mass is 32.2. The molecular formula is C34H42N4O6S. The van der Waals surface area contributed by atoms with Crippen molar-refractivity contribution in [3.63, 3.8) is 0 Å². The number of unbranched alkanes of at least 4 members (excludes halogenated alkanes) is 2. The number of ether oxygens (including phenoxy) is 2. The standard InChI is InChI=1S/C34H42N4O6S/c1-5-9-21-41-29-15-11-27(12-16-29)33-23-31(43-35-33)25-37(19-7-3)45(39,40)38(20-8-4)26-32-24-34(36-44-32)28-13-17-30(18-14-28)42-22-10-6-2/h7-8,11-18,23-24H,3-6,9-10,19-22,25-26H2,1-2H3. The summed E-state index contributed by atoms with van der Waals surface area (Å²) in [7, 11) is -4.01. The molecule has 0 spiro atoms. The lowest BCUT2D eigenvalue weighted by Crippen LogP contribution is -2.43. The Labute approximate surface area is 266 Å². The summed E-state index contributed by atoms with van der Waals surface area (Å²) < 4.78 is 52.8. The lowest BCUT2D eigenvalue weighted by Gasteiger charge is -2.27. The maximum Gasteiger partial charge on any atom is 0.283 e. The molecule has 2 aromatic heterocycles. The summed E-state index contributed by atoms with van der Waals surface area (Å²) >= 11 is 0. The molecule has 240 valence electrons. The predicted octanol–water partition coefficient (Wildman–Crippen LogP) is 7.28. The van der Waals surface area contributed by atoms with E-state index in [1.807, 2.05) is 48.5 Å². The Morgan fingerprint density at radius 1 is 0.711 bits per heavy atom. The van der Waals surface area contributed by atoms with E-state index in [0.29, 0.717) is 36.1 Å². The van der Waals surface area contributed by atoms with Crippen LogP contribution in [0.2, 0.25) is 0 Å². The van der Waals surface area contributed by atoms with Crippen molar-refractivity contribution in [3.8, 4) is 34.0 Å². The van der Waals surface area contributed by atoms with Crippen molar-refractivity contribution in [3.05, 3.63) is 97.5 Å². The van der Waals surface area contributed by atoms with Gasteiger partial charge in [-0.25, -0.2) is 0 Å². The molecule has 0 saturated heterocycles. The smallest absolute Gasteiger partial charge is 0.283 e. The second-order valence-electron chi connectivity index (χ2n) is 10.5. The molecule has 2 aromatic carbocycles. The molecule has 0 aliphatic heterocycles. The highest BCUT2D eigenvalue weighted by Gasteiger charge is 2.31. The monoisotopic (exact) mass is 634 g/mol. The number of hydrogen-bond donors (Lipinski definition) is 0. The molecule has 0 N–H and O–H groups in total. The summed E-state index contributed by atoms with van der Waals surface area (Å²) in [5.74, 6) is 2.35. The minimum absolute atomic E-state index is 0.0401. The summed E-state index contributed by atoms with van der Waals surface area (Å²) in [6.45, 7) is 13.1. The van der Waals surface area contributed by atoms with Gasteiger partial charge in [-0.1, -0.05) is 49.2 Å². The summed E-state index contributed by atoms with van der Waals surface area (Å²) in [6.07, 6.45) is 7.17. The largest absolute Gasteiger partial charge is 0.494 e. The Morgan fingerprint density at radius 3 is 1.47 bits per heavy atom. The first-order chi connectivity index (χ1) is 21.9. The van der Waals surface area contributed by atoms with Gasteiger partial charge in [0.15, 0.2) is 11.5 Å². The SMILES string of the molecule is C=CCN(Cc1cc(-c2ccc(OCCCC)cc2)no1)S(=O)(=O)N(CC=C)Cc1cc(-c2ccc(OCCCC)cc2)no1. The molecular weight excluding hydrogens is 592 g/mol. The van der Waals surface area contributed by atoms with Crippen LogP contribution in [0.15, 0.2) is 95.0 Å². The molecule has 0 aliphatic carbocycles. The third kappa shape index (κ3) is 9.40. The molecule has 0 bridgehead atoms. The highest BCUT2D eigenvalue weighted by Crippen LogP contribution is 2.26. The van der Waals surface area contributed by atoms with Crippen LogP contribution in [0, 0.1) is 0 Å². The number of hydrogen-bond acceptors (Lipinski definition) is 8. The number of nitrogens with zero attached hydrogens (tertiary/aromatic N) is 4. The first kappa shape index (κ1) is 33.7. The average molecular weight is 635 g/mol. The lowest BCUT2D eigenvalue weighted by atomic mass is 10.1. The van der Waals surface area contributed by atoms with Crippen LogP contribution < -0.4 is 9.47 Å². The fourth-order valence-electron chi connectivity index (χ4n) is 4.44. The van der Waals surface area contributed by atoms with Crippen LogP contribution in [0.25, 0.3) is 22.5 Å². The molecule has 45 heavy (non-hydrogen) atoms. The summed E-state index contributed by atoms with van der Waals surface area (Å²) in [5.41, 5.74) is 2.86. The van der Waals surface area contributed by atoms with E-state index in [1.165, 1.54) is 20.8 Å². The van der Waals surface area contributed by atoms with Crippen molar-refractivity contribution in [2.75, 3.05) is 26.3 Å². The Kier molecular flexibility index (Phi) is 12.6. The van der Waals surface area contributed by atoms with Gasteiger partial charge in [-0.05, 0) is 61.4 Å². The zero-order valence-electron chi connectivity index (χ0n) is 26.1. The van der Waals surface area contributed by atoms with Crippen LogP contribution >= 0.6 is 0 Å². The Hall–Kier alpha value is -4.19. The van der Waals surface area contributed by atoms with Crippen LogP contribution in [0.1, 0.15) is 51.1 Å². The van der Waals surface area contributed by atoms with Crippen molar-refractivity contribution in [1.82, 2.24) is 18.9 Å². The van der Waals surface area contributed by atoms with Crippen molar-refractivity contribution in [2.45, 2.75) is 52.6 Å². The van der Waals surface area contributed by atoms with Crippen LogP contribution in [-0.2, 0) is 23.3 Å². The molecule has 0 fully saturated rings. The minimum Gasteiger partial charge on any atom is -0.494 e. The van der Waals surface area contributed by atoms with E-state index >= 15 is 0 Å². The second-order valence-corrected chi connectivity index (χ2v) is 12.4. The Balaban J connectivity index is 1.44. The normalized spacial score (nSPS) is 11.6. The lowest BCUT2D eigenvalue weighted by molar-refractivity contribution is 0.294. The third-order valence-electron chi connectivity index (χ3n) is 6.93. The van der Waals surface area contributed by atoms with Crippen molar-refractivity contribution >= 4 is 10.2 Å². The molecule has 2 heterocycles. The van der Waals surface area contributed by atoms with Gasteiger partial charge in [0.2, 0.25) is 0 Å². The van der Waals surface area contributed by atoms with E-state index in [1.54, 1.807) is 12.1 Å². The van der Waals surface area contributed by atoms with Crippen LogP contribution in [0.4, 0.5) is 0 Å². The van der Waals surface area contributed by atoms with Gasteiger partial charge in [-0.15, -0.1) is 13.2 Å². The molecule has 10 nitrogen and oxygen atoms in total. The fraction of sp³-hybridized carbons (Fsp3) is 0.353. The molecule has 0 radical (unpaired) electrons. The number of rotatable bonds is 20. The van der Waals surface area contributed by atoms with Crippen LogP contribution in [0.5, 0.6) is 11.5 Å². The number of aromatic nitrogens is 2. The van der Waals surface area contributed by atoms with E-state index in [4.69, 9.17) is 18.5 Å². The molecule has 0 atom stereocenters. The van der Waals surface area contributed by atoms with Gasteiger partial charge in [-0.3, -0.25) is 0 Å². The summed E-state index contributed by atoms with van der Waals surface area (Å²) in [4.78, 5) is 0. The fourth-order valence-corrected chi connectivity index (χ4v) is 5.93. The highest BCUT2D eigenvalue weighted by molar-refractivity contribution is 7.86. The first-order valence-electron chi connectivity index (χ1n) is 15.2. The molecule has 4 rings (SSSR count). The summed E-state index contributed by atoms with van der Waals surface area (Å²) in [6, 6.07) is 18.6. The van der Waals surface area contributed by atoms with Gasteiger partial charge in [0.05, 0.1) is 26.3 Å². The van der Waals surface area contributed by atoms with Crippen molar-refractivity contribution in [1.29, 1.82) is 0 Å². The molecule has 0 aliphatic rings. The molecule has 0 amide bonds. The van der Waals surface area contributed by atoms with Crippen molar-refractivity contribution < 1.29 is 26.9 Å². The van der Waals surface area contributed by atoms with Gasteiger partial charge in [0.1, 0.15) is 22.9 Å². The molecule has 0 unspecified atom stereocenters. The average Bonchev–Trinajstić information content (AvgIpc) is 3.72. The van der Waals surface area contributed by atoms with E-state index in [9.17, 15) is 8.42 Å². The molecule has 4 aromatic rings. The first-order valence-corrected chi connectivity index (χ1v) is 16.6. The van der Waals surface area contributed by atoms with Gasteiger partial charge in [0, 0.05) is 36.3 Å². The van der Waals surface area contributed by atoms with Gasteiger partial charge < -0.3 is 18.5 Å². The van der Waals surface area contributed by atoms with Gasteiger partial charge in [-0.2, -0.15) is 17.0 Å². The molecule has 11 heteroatoms. The second kappa shape index (κ2) is 16.8. The maximum absolute atomic E-state index is 13.9. The van der Waals surface area contributed by atoms with Gasteiger partial charge in [0.25, 0.3) is 10.2 Å². The van der Waals surface area contributed by atoms with Crippen LogP contribution in [-0.4, -0.2) is 53.6 Å². The zero-order valence-corrected chi connectivity index (χ0v) is 26.9. The van der Waals surface area contributed by atoms with E-state index in [0.717, 1.165) is 48.3 Å². The quantitative estimate of drug-likeness (QED) is 0.0737. The van der Waals surface area contributed by atoms with E-state index in [-0.39, 0.29) is 26.2 Å². The predicted molar refractivity (Wildman–Crippen MR) is 175 cm³/mol.